The summed E-state index contributed by atoms with van der Waals surface area (Å²) in [6.07, 6.45) is 0. The van der Waals surface area contributed by atoms with Gasteiger partial charge in [0.05, 0.1) is 9.74 Å². The number of benzene rings is 2. The third kappa shape index (κ3) is 4.88. The minimum Gasteiger partial charge on any atom is -0.0787 e. The van der Waals surface area contributed by atoms with Gasteiger partial charge in [-0.05, 0) is 49.1 Å². The Bertz CT molecular complexity index is 1120. The van der Waals surface area contributed by atoms with E-state index in [4.69, 9.17) is 0 Å². The lowest BCUT2D eigenvalue weighted by Gasteiger charge is -2.72. The fraction of sp³-hybridized carbons (Fsp3) is 0.400. The summed E-state index contributed by atoms with van der Waals surface area (Å²) in [4.78, 5) is 0. The quantitative estimate of drug-likeness (QED) is 0.269. The van der Waals surface area contributed by atoms with Crippen molar-refractivity contribution in [3.8, 4) is 0 Å². The van der Waals surface area contributed by atoms with Gasteiger partial charge in [-0.25, -0.2) is 0 Å². The van der Waals surface area contributed by atoms with Crippen LogP contribution in [0.25, 0.3) is 0 Å². The summed E-state index contributed by atoms with van der Waals surface area (Å²) < 4.78 is -5.01. The molecule has 1 unspecified atom stereocenters. The molecule has 0 aromatic heterocycles. The fourth-order valence-corrected chi connectivity index (χ4v) is 22.0. The first-order valence-corrected chi connectivity index (χ1v) is 21.9. The van der Waals surface area contributed by atoms with Crippen LogP contribution in [-0.4, -0.2) is 22.6 Å². The molecule has 0 heterocycles. The molecule has 1 aliphatic carbocycles. The van der Waals surface area contributed by atoms with Gasteiger partial charge >= 0.3 is 0 Å². The lowest BCUT2D eigenvalue weighted by molar-refractivity contribution is 0.294. The van der Waals surface area contributed by atoms with Crippen molar-refractivity contribution in [2.24, 2.45) is 0 Å². The van der Waals surface area contributed by atoms with Crippen LogP contribution in [-0.2, 0) is 5.41 Å². The van der Waals surface area contributed by atoms with Crippen LogP contribution in [0.3, 0.4) is 0 Å². The maximum Gasteiger partial charge on any atom is 0.150 e. The smallest absolute Gasteiger partial charge is 0.0787 e. The average Bonchev–Trinajstić information content (AvgIpc) is 2.75. The van der Waals surface area contributed by atoms with Gasteiger partial charge in [-0.2, -0.15) is 0 Å². The molecule has 0 nitrogen and oxygen atoms in total. The summed E-state index contributed by atoms with van der Waals surface area (Å²) in [5, 5.41) is 0. The maximum absolute atomic E-state index is 4.36. The fourth-order valence-electron chi connectivity index (χ4n) is 4.23. The molecule has 1 atom stereocenters. The van der Waals surface area contributed by atoms with E-state index in [9.17, 15) is 0 Å². The molecule has 0 spiro atoms. The molecule has 0 N–H and O–H groups in total. The molecule has 36 heavy (non-hydrogen) atoms. The molecule has 1 fully saturated rings. The predicted octanol–water partition coefficient (Wildman–Crippen LogP) is 14.9. The Hall–Kier alpha value is 6.12. The molecule has 0 bridgehead atoms. The molecule has 0 aliphatic heterocycles. The summed E-state index contributed by atoms with van der Waals surface area (Å²) in [5.74, 6) is 0. The van der Waals surface area contributed by atoms with Crippen molar-refractivity contribution in [2.45, 2.75) is 28.0 Å². The second-order valence-electron chi connectivity index (χ2n) is 7.75. The van der Waals surface area contributed by atoms with Gasteiger partial charge in [-0.1, -0.05) is 265 Å². The third-order valence-electron chi connectivity index (χ3n) is 5.95. The molecular weight excluding hydrogens is 1520 g/mol. The molecule has 1 saturated carbocycles. The average molecular weight is 1530 g/mol. The van der Waals surface area contributed by atoms with Crippen molar-refractivity contribution in [3.63, 3.8) is 0 Å². The number of hydrogen-bond donors (Lipinski definition) is 0. The van der Waals surface area contributed by atoms with E-state index in [0.717, 1.165) is 20.1 Å². The van der Waals surface area contributed by atoms with E-state index in [1.807, 2.05) is 30.3 Å². The topological polar surface area (TPSA) is 0 Å². The minimum atomic E-state index is -1.08. The van der Waals surface area contributed by atoms with E-state index >= 15 is 0 Å². The van der Waals surface area contributed by atoms with Crippen molar-refractivity contribution < 1.29 is 0 Å². The molecule has 0 radical (unpaired) electrons. The zero-order valence-corrected chi connectivity index (χ0v) is 42.0. The minimum absolute atomic E-state index is 0.873. The van der Waals surface area contributed by atoms with E-state index in [1.54, 1.807) is 0 Å². The van der Waals surface area contributed by atoms with Gasteiger partial charge in [0, 0.05) is 8.95 Å². The number of alkyl halides is 14. The summed E-state index contributed by atoms with van der Waals surface area (Å²) in [7, 11) is 0. The van der Waals surface area contributed by atoms with Crippen LogP contribution in [0.5, 0.6) is 0 Å². The van der Waals surface area contributed by atoms with E-state index in [1.165, 1.54) is 0 Å². The standard InChI is InChI=1S/C20H8Br16/c21-11-8-4-7-10(12(11)22)13(20(34,35)36,9-5-2-1-3-6-9)14(23)15(24,25)17(28,29)19(32,33)18(30,31)16(14,26)27/h1-8H. The normalized spacial score (nSPS) is 25.1. The Morgan fingerprint density at radius 1 is 0.500 bits per heavy atom. The monoisotopic (exact) mass is 1510 g/mol. The SMILES string of the molecule is Brc1cccc(C(c2ccccc2)(C(Br)(Br)Br)C2(Br)C(Br)(Br)C(Br)(Br)C(Br)(Br)C(Br)(Br)C2(Br)Br)c1Br. The molecular formula is C20H8Br16. The van der Waals surface area contributed by atoms with Gasteiger partial charge in [0.25, 0.3) is 0 Å². The van der Waals surface area contributed by atoms with Crippen LogP contribution in [0.4, 0.5) is 0 Å². The molecule has 1 aliphatic rings. The zero-order valence-electron chi connectivity index (χ0n) is 16.7. The van der Waals surface area contributed by atoms with Crippen LogP contribution >= 0.6 is 255 Å². The van der Waals surface area contributed by atoms with Gasteiger partial charge in [0.1, 0.15) is 18.3 Å². The zero-order chi connectivity index (χ0) is 28.0. The summed E-state index contributed by atoms with van der Waals surface area (Å²) in [6.45, 7) is 0. The third-order valence-corrected chi connectivity index (χ3v) is 34.1. The highest BCUT2D eigenvalue weighted by Gasteiger charge is 2.90. The van der Waals surface area contributed by atoms with Gasteiger partial charge in [0.15, 0.2) is 0 Å². The highest BCUT2D eigenvalue weighted by atomic mass is 80.0. The lowest BCUT2D eigenvalue weighted by atomic mass is 9.62. The van der Waals surface area contributed by atoms with Crippen molar-refractivity contribution in [1.82, 2.24) is 0 Å². The Balaban J connectivity index is 2.76. The van der Waals surface area contributed by atoms with Crippen molar-refractivity contribution in [1.29, 1.82) is 0 Å². The van der Waals surface area contributed by atoms with Gasteiger partial charge in [0.2, 0.25) is 0 Å². The Kier molecular flexibility index (Phi) is 12.2. The van der Waals surface area contributed by atoms with Gasteiger partial charge in [-0.3, -0.25) is 0 Å². The highest BCUT2D eigenvalue weighted by molar-refractivity contribution is 9.39. The first-order valence-electron chi connectivity index (χ1n) is 9.18. The van der Waals surface area contributed by atoms with E-state index in [2.05, 4.69) is 273 Å². The van der Waals surface area contributed by atoms with Gasteiger partial charge < -0.3 is 0 Å². The summed E-state index contributed by atoms with van der Waals surface area (Å²) in [5.41, 5.74) is 0.918. The maximum atomic E-state index is 4.36. The van der Waals surface area contributed by atoms with E-state index in [-0.39, 0.29) is 0 Å². The molecule has 16 heteroatoms. The predicted molar refractivity (Wildman–Crippen MR) is 213 cm³/mol. The van der Waals surface area contributed by atoms with Crippen molar-refractivity contribution >= 4 is 255 Å². The Morgan fingerprint density at radius 2 is 0.917 bits per heavy atom. The molecule has 200 valence electrons. The van der Waals surface area contributed by atoms with Crippen LogP contribution in [0.1, 0.15) is 11.1 Å². The number of rotatable bonds is 3. The van der Waals surface area contributed by atoms with Crippen LogP contribution in [0.2, 0.25) is 0 Å². The summed E-state index contributed by atoms with van der Waals surface area (Å²) >= 11 is 64.4. The second-order valence-corrected chi connectivity index (χ2v) is 34.6. The first kappa shape index (κ1) is 36.6. The largest absolute Gasteiger partial charge is 0.150 e. The Labute approximate surface area is 344 Å². The number of halogens is 16. The Morgan fingerprint density at radius 3 is 1.33 bits per heavy atom. The lowest BCUT2D eigenvalue weighted by Crippen LogP contribution is -2.84. The second kappa shape index (κ2) is 12.0. The molecule has 0 saturated heterocycles. The van der Waals surface area contributed by atoms with Crippen LogP contribution < -0.4 is 0 Å². The molecule has 2 aromatic carbocycles. The van der Waals surface area contributed by atoms with Crippen LogP contribution in [0.15, 0.2) is 57.5 Å². The first-order chi connectivity index (χ1) is 16.0. The van der Waals surface area contributed by atoms with Gasteiger partial charge in [-0.15, -0.1) is 0 Å². The van der Waals surface area contributed by atoms with E-state index < -0.39 is 28.0 Å². The molecule has 2 aromatic rings. The summed E-state index contributed by atoms with van der Waals surface area (Å²) in [6, 6.07) is 16.3. The number of hydrogen-bond acceptors (Lipinski definition) is 0. The van der Waals surface area contributed by atoms with Crippen molar-refractivity contribution in [2.75, 3.05) is 0 Å². The molecule has 0 amide bonds. The van der Waals surface area contributed by atoms with Crippen molar-refractivity contribution in [3.05, 3.63) is 68.6 Å². The highest BCUT2D eigenvalue weighted by Crippen LogP contribution is 2.86. The van der Waals surface area contributed by atoms with Crippen LogP contribution in [0, 0.1) is 0 Å². The van der Waals surface area contributed by atoms with E-state index in [0.29, 0.717) is 0 Å². The molecule has 3 rings (SSSR count).